The first kappa shape index (κ1) is 48.9. The Hall–Kier alpha value is -8.72. The van der Waals surface area contributed by atoms with Crippen molar-refractivity contribution >= 4 is 77.2 Å². The Balaban J connectivity index is 0.000000749. The van der Waals surface area contributed by atoms with Gasteiger partial charge in [-0.3, -0.25) is 0 Å². The lowest BCUT2D eigenvalue weighted by Crippen LogP contribution is -2.11. The van der Waals surface area contributed by atoms with Crippen LogP contribution in [0.5, 0.6) is 0 Å². The standard InChI is InChI=1S/C64H40N2.4C2H6/c1-3-17-41(18-4-1)65(61-39-35-55-47-25-9-7-23-45(47)53-29-15-31-57(61)63(53)55)59-37-33-49(43-21-11-13-27-51(43)59)50-34-38-60(52-28-14-12-22-44(50)52)66(42-19-5-2-6-20-42)62-40-36-56-48-26-10-8-24-46(48)54-30-16-32-58(62)64(54)56;4*1-2/h1-40H;4*1-2H3. The lowest BCUT2D eigenvalue weighted by atomic mass is 9.91. The number of benzene rings is 12. The maximum atomic E-state index is 2.47. The summed E-state index contributed by atoms with van der Waals surface area (Å²) < 4.78 is 0. The van der Waals surface area contributed by atoms with Crippen molar-refractivity contribution in [2.75, 3.05) is 9.80 Å². The Bertz CT molecular complexity index is 3630. The number of hydrogen-bond donors (Lipinski definition) is 0. The molecule has 362 valence electrons. The number of nitrogens with zero attached hydrogens (tertiary/aromatic N) is 2. The molecular formula is C72H64N2. The molecule has 0 spiro atoms. The number of hydrogen-bond acceptors (Lipinski definition) is 2. The van der Waals surface area contributed by atoms with Gasteiger partial charge in [0.05, 0.1) is 22.7 Å². The molecule has 2 aliphatic rings. The van der Waals surface area contributed by atoms with Gasteiger partial charge in [-0.05, 0) is 126 Å². The van der Waals surface area contributed by atoms with Gasteiger partial charge in [-0.15, -0.1) is 0 Å². The van der Waals surface area contributed by atoms with Gasteiger partial charge >= 0.3 is 0 Å². The van der Waals surface area contributed by atoms with E-state index in [-0.39, 0.29) is 0 Å². The van der Waals surface area contributed by atoms with E-state index in [0.717, 1.165) is 34.1 Å². The van der Waals surface area contributed by atoms with Gasteiger partial charge in [0.15, 0.2) is 0 Å². The normalized spacial score (nSPS) is 11.0. The maximum absolute atomic E-state index is 2.47. The number of para-hydroxylation sites is 2. The summed E-state index contributed by atoms with van der Waals surface area (Å²) in [6.07, 6.45) is 0. The summed E-state index contributed by atoms with van der Waals surface area (Å²) in [7, 11) is 0. The van der Waals surface area contributed by atoms with Gasteiger partial charge in [0.1, 0.15) is 0 Å². The number of anilines is 6. The van der Waals surface area contributed by atoms with Crippen molar-refractivity contribution in [3.8, 4) is 55.6 Å². The first-order valence-electron chi connectivity index (χ1n) is 26.9. The fraction of sp³-hybridized carbons (Fsp3) is 0.111. The van der Waals surface area contributed by atoms with Crippen molar-refractivity contribution in [1.82, 2.24) is 0 Å². The lowest BCUT2D eigenvalue weighted by molar-refractivity contribution is 1.31. The molecule has 0 unspecified atom stereocenters. The van der Waals surface area contributed by atoms with Crippen LogP contribution in [0.3, 0.4) is 0 Å². The van der Waals surface area contributed by atoms with E-state index in [0.29, 0.717) is 0 Å². The summed E-state index contributed by atoms with van der Waals surface area (Å²) in [6.45, 7) is 16.0. The lowest BCUT2D eigenvalue weighted by Gasteiger charge is -2.30. The SMILES string of the molecule is CC.CC.CC.CC.c1ccc(N(c2ccc(-c3ccc(N(c4ccccc4)c4ccc5c6c(cccc46)-c4ccccc4-5)c4ccccc34)c3ccccc23)c2ccc3c4c(cccc24)-c2ccccc2-3)cc1. The van der Waals surface area contributed by atoms with Crippen LogP contribution in [-0.2, 0) is 0 Å². The second kappa shape index (κ2) is 21.6. The molecule has 0 N–H and O–H groups in total. The molecule has 2 aliphatic carbocycles. The van der Waals surface area contributed by atoms with Crippen molar-refractivity contribution in [2.24, 2.45) is 0 Å². The van der Waals surface area contributed by atoms with Gasteiger partial charge in [0.25, 0.3) is 0 Å². The zero-order valence-corrected chi connectivity index (χ0v) is 44.0. The molecule has 74 heavy (non-hydrogen) atoms. The Labute approximate surface area is 438 Å². The van der Waals surface area contributed by atoms with Gasteiger partial charge in [0.2, 0.25) is 0 Å². The molecule has 0 amide bonds. The Morgan fingerprint density at radius 3 is 0.770 bits per heavy atom. The summed E-state index contributed by atoms with van der Waals surface area (Å²) in [6, 6.07) is 89.5. The van der Waals surface area contributed by atoms with Crippen LogP contribution in [0.4, 0.5) is 34.1 Å². The Kier molecular flexibility index (Phi) is 14.2. The van der Waals surface area contributed by atoms with Gasteiger partial charge < -0.3 is 9.80 Å². The van der Waals surface area contributed by atoms with E-state index in [9.17, 15) is 0 Å². The summed E-state index contributed by atoms with van der Waals surface area (Å²) in [4.78, 5) is 4.93. The maximum Gasteiger partial charge on any atom is 0.0540 e. The average Bonchev–Trinajstić information content (AvgIpc) is 4.00. The zero-order chi connectivity index (χ0) is 51.3. The van der Waals surface area contributed by atoms with Crippen LogP contribution in [0.2, 0.25) is 0 Å². The molecule has 0 saturated carbocycles. The van der Waals surface area contributed by atoms with Crippen LogP contribution in [0.15, 0.2) is 243 Å². The van der Waals surface area contributed by atoms with E-state index in [1.807, 2.05) is 55.4 Å². The number of fused-ring (bicyclic) bond motifs is 8. The third-order valence-electron chi connectivity index (χ3n) is 14.1. The van der Waals surface area contributed by atoms with Crippen LogP contribution in [0.25, 0.3) is 98.7 Å². The van der Waals surface area contributed by atoms with Gasteiger partial charge in [-0.2, -0.15) is 0 Å². The molecule has 2 heteroatoms. The van der Waals surface area contributed by atoms with Crippen molar-refractivity contribution in [1.29, 1.82) is 0 Å². The van der Waals surface area contributed by atoms with Gasteiger partial charge in [-0.1, -0.05) is 250 Å². The highest BCUT2D eigenvalue weighted by Crippen LogP contribution is 2.54. The summed E-state index contributed by atoms with van der Waals surface area (Å²) in [5.41, 5.74) is 19.7. The second-order valence-corrected chi connectivity index (χ2v) is 17.5. The molecule has 0 saturated heterocycles. The molecule has 12 aromatic rings. The van der Waals surface area contributed by atoms with E-state index in [1.54, 1.807) is 0 Å². The van der Waals surface area contributed by atoms with Crippen LogP contribution in [-0.4, -0.2) is 0 Å². The number of rotatable bonds is 7. The third-order valence-corrected chi connectivity index (χ3v) is 14.1. The van der Waals surface area contributed by atoms with Crippen LogP contribution in [0, 0.1) is 0 Å². The van der Waals surface area contributed by atoms with E-state index in [1.165, 1.54) is 98.7 Å². The molecule has 0 fully saturated rings. The molecule has 0 atom stereocenters. The van der Waals surface area contributed by atoms with Gasteiger partial charge in [-0.25, -0.2) is 0 Å². The Morgan fingerprint density at radius 1 is 0.176 bits per heavy atom. The van der Waals surface area contributed by atoms with Crippen molar-refractivity contribution in [2.45, 2.75) is 55.4 Å². The second-order valence-electron chi connectivity index (χ2n) is 17.5. The molecule has 0 heterocycles. The fourth-order valence-corrected chi connectivity index (χ4v) is 11.4. The molecule has 0 radical (unpaired) electrons. The largest absolute Gasteiger partial charge is 0.309 e. The van der Waals surface area contributed by atoms with Gasteiger partial charge in [0, 0.05) is 32.9 Å². The predicted molar refractivity (Wildman–Crippen MR) is 326 cm³/mol. The Morgan fingerprint density at radius 2 is 0.419 bits per heavy atom. The van der Waals surface area contributed by atoms with E-state index in [4.69, 9.17) is 0 Å². The zero-order valence-electron chi connectivity index (χ0n) is 44.0. The summed E-state index contributed by atoms with van der Waals surface area (Å²) in [5.74, 6) is 0. The third kappa shape index (κ3) is 7.99. The molecule has 0 aromatic heterocycles. The van der Waals surface area contributed by atoms with E-state index in [2.05, 4.69) is 252 Å². The topological polar surface area (TPSA) is 6.48 Å². The average molecular weight is 957 g/mol. The highest BCUT2D eigenvalue weighted by molar-refractivity contribution is 6.22. The molecule has 0 bridgehead atoms. The predicted octanol–water partition coefficient (Wildman–Crippen LogP) is 22.3. The molecular weight excluding hydrogens is 893 g/mol. The minimum Gasteiger partial charge on any atom is -0.309 e. The van der Waals surface area contributed by atoms with Crippen molar-refractivity contribution in [3.05, 3.63) is 243 Å². The molecule has 2 nitrogen and oxygen atoms in total. The first-order chi connectivity index (χ1) is 36.8. The van der Waals surface area contributed by atoms with Crippen molar-refractivity contribution < 1.29 is 0 Å². The molecule has 14 rings (SSSR count). The monoisotopic (exact) mass is 957 g/mol. The van der Waals surface area contributed by atoms with Crippen LogP contribution in [0.1, 0.15) is 55.4 Å². The first-order valence-corrected chi connectivity index (χ1v) is 26.9. The van der Waals surface area contributed by atoms with Crippen LogP contribution < -0.4 is 9.80 Å². The summed E-state index contributed by atoms with van der Waals surface area (Å²) >= 11 is 0. The minimum atomic E-state index is 1.12. The smallest absolute Gasteiger partial charge is 0.0540 e. The molecule has 0 aliphatic heterocycles. The minimum absolute atomic E-state index is 1.12. The highest BCUT2D eigenvalue weighted by atomic mass is 15.2. The highest BCUT2D eigenvalue weighted by Gasteiger charge is 2.28. The van der Waals surface area contributed by atoms with E-state index >= 15 is 0 Å². The van der Waals surface area contributed by atoms with Crippen molar-refractivity contribution in [3.63, 3.8) is 0 Å². The molecule has 12 aromatic carbocycles. The quantitative estimate of drug-likeness (QED) is 0.157. The van der Waals surface area contributed by atoms with E-state index < -0.39 is 0 Å². The summed E-state index contributed by atoms with van der Waals surface area (Å²) in [5, 5.41) is 9.92. The van der Waals surface area contributed by atoms with Crippen LogP contribution >= 0.6 is 0 Å². The fourth-order valence-electron chi connectivity index (χ4n) is 11.4.